The summed E-state index contributed by atoms with van der Waals surface area (Å²) in [5.74, 6) is 0.565. The van der Waals surface area contributed by atoms with Crippen LogP contribution >= 0.6 is 0 Å². The van der Waals surface area contributed by atoms with Crippen LogP contribution in [-0.4, -0.2) is 10.9 Å². The van der Waals surface area contributed by atoms with Crippen LogP contribution in [-0.2, 0) is 11.2 Å². The number of fused-ring (bicyclic) bond motifs is 2. The topological polar surface area (TPSA) is 55.1 Å². The highest BCUT2D eigenvalue weighted by atomic mass is 16.3. The van der Waals surface area contributed by atoms with E-state index >= 15 is 0 Å². The number of amides is 1. The lowest BCUT2D eigenvalue weighted by Crippen LogP contribution is -2.14. The molecule has 1 aromatic heterocycles. The van der Waals surface area contributed by atoms with E-state index in [1.165, 1.54) is 0 Å². The van der Waals surface area contributed by atoms with E-state index in [0.717, 1.165) is 33.1 Å². The highest BCUT2D eigenvalue weighted by Gasteiger charge is 2.09. The zero-order chi connectivity index (χ0) is 16.5. The van der Waals surface area contributed by atoms with Crippen LogP contribution in [0.5, 0.6) is 0 Å². The van der Waals surface area contributed by atoms with Crippen molar-refractivity contribution in [3.8, 4) is 0 Å². The molecule has 118 valence electrons. The molecule has 0 atom stereocenters. The van der Waals surface area contributed by atoms with E-state index < -0.39 is 0 Å². The van der Waals surface area contributed by atoms with Gasteiger partial charge in [-0.15, -0.1) is 0 Å². The van der Waals surface area contributed by atoms with Crippen molar-refractivity contribution in [1.82, 2.24) is 4.98 Å². The van der Waals surface area contributed by atoms with Gasteiger partial charge in [-0.05, 0) is 34.5 Å². The van der Waals surface area contributed by atoms with Gasteiger partial charge in [0.15, 0.2) is 11.5 Å². The summed E-state index contributed by atoms with van der Waals surface area (Å²) in [6, 6.07) is 19.6. The lowest BCUT2D eigenvalue weighted by atomic mass is 10.0. The lowest BCUT2D eigenvalue weighted by molar-refractivity contribution is -0.115. The molecule has 1 heterocycles. The van der Waals surface area contributed by atoms with Crippen LogP contribution in [0.2, 0.25) is 0 Å². The number of aromatic nitrogens is 1. The average molecular weight is 316 g/mol. The molecule has 0 saturated heterocycles. The monoisotopic (exact) mass is 316 g/mol. The van der Waals surface area contributed by atoms with Crippen LogP contribution in [0.1, 0.15) is 11.5 Å². The number of carbonyl (C=O) groups is 1. The highest BCUT2D eigenvalue weighted by molar-refractivity contribution is 5.97. The minimum atomic E-state index is -0.0501. The van der Waals surface area contributed by atoms with E-state index in [4.69, 9.17) is 4.42 Å². The molecule has 0 radical (unpaired) electrons. The Kier molecular flexibility index (Phi) is 3.50. The minimum Gasteiger partial charge on any atom is -0.441 e. The molecule has 3 aromatic carbocycles. The second kappa shape index (κ2) is 5.81. The van der Waals surface area contributed by atoms with Gasteiger partial charge in [0.2, 0.25) is 5.91 Å². The first-order chi connectivity index (χ1) is 11.7. The molecule has 0 unspecified atom stereocenters. The number of rotatable bonds is 3. The van der Waals surface area contributed by atoms with Crippen molar-refractivity contribution in [3.63, 3.8) is 0 Å². The van der Waals surface area contributed by atoms with E-state index in [1.807, 2.05) is 48.5 Å². The molecular formula is C20H16N2O2. The zero-order valence-electron chi connectivity index (χ0n) is 13.2. The second-order valence-corrected chi connectivity index (χ2v) is 5.78. The number of hydrogen-bond acceptors (Lipinski definition) is 3. The molecule has 0 aliphatic carbocycles. The number of benzene rings is 3. The fraction of sp³-hybridized carbons (Fsp3) is 0.100. The van der Waals surface area contributed by atoms with E-state index in [-0.39, 0.29) is 5.91 Å². The van der Waals surface area contributed by atoms with Gasteiger partial charge in [0, 0.05) is 12.6 Å². The van der Waals surface area contributed by atoms with E-state index in [0.29, 0.717) is 12.3 Å². The Hall–Kier alpha value is -3.14. The molecule has 4 nitrogen and oxygen atoms in total. The summed E-state index contributed by atoms with van der Waals surface area (Å²) >= 11 is 0. The van der Waals surface area contributed by atoms with Crippen molar-refractivity contribution in [1.29, 1.82) is 0 Å². The third-order valence-corrected chi connectivity index (χ3v) is 4.01. The van der Waals surface area contributed by atoms with Gasteiger partial charge in [0.05, 0.1) is 6.42 Å². The third-order valence-electron chi connectivity index (χ3n) is 4.01. The SMILES string of the molecule is Cc1nc2cc(NC(=O)Cc3cccc4ccccc34)ccc2o1. The summed E-state index contributed by atoms with van der Waals surface area (Å²) in [6.07, 6.45) is 0.331. The predicted octanol–water partition coefficient (Wildman–Crippen LogP) is 4.47. The van der Waals surface area contributed by atoms with Gasteiger partial charge in [-0.25, -0.2) is 4.98 Å². The smallest absolute Gasteiger partial charge is 0.228 e. The molecule has 0 bridgehead atoms. The van der Waals surface area contributed by atoms with E-state index in [9.17, 15) is 4.79 Å². The lowest BCUT2D eigenvalue weighted by Gasteiger charge is -2.08. The van der Waals surface area contributed by atoms with Gasteiger partial charge in [-0.2, -0.15) is 0 Å². The average Bonchev–Trinajstić information content (AvgIpc) is 2.94. The molecule has 4 rings (SSSR count). The van der Waals surface area contributed by atoms with Gasteiger partial charge < -0.3 is 9.73 Å². The van der Waals surface area contributed by atoms with Crippen LogP contribution in [0.15, 0.2) is 65.1 Å². The first-order valence-electron chi connectivity index (χ1n) is 7.83. The van der Waals surface area contributed by atoms with Gasteiger partial charge >= 0.3 is 0 Å². The van der Waals surface area contributed by atoms with Crippen molar-refractivity contribution in [2.75, 3.05) is 5.32 Å². The molecule has 1 N–H and O–H groups in total. The second-order valence-electron chi connectivity index (χ2n) is 5.78. The third kappa shape index (κ3) is 2.74. The first-order valence-corrected chi connectivity index (χ1v) is 7.83. The minimum absolute atomic E-state index is 0.0501. The highest BCUT2D eigenvalue weighted by Crippen LogP contribution is 2.21. The largest absolute Gasteiger partial charge is 0.441 e. The summed E-state index contributed by atoms with van der Waals surface area (Å²) in [7, 11) is 0. The fourth-order valence-electron chi connectivity index (χ4n) is 2.95. The maximum Gasteiger partial charge on any atom is 0.228 e. The predicted molar refractivity (Wildman–Crippen MR) is 95.0 cm³/mol. The Morgan fingerprint density at radius 3 is 2.83 bits per heavy atom. The van der Waals surface area contributed by atoms with Crippen molar-refractivity contribution < 1.29 is 9.21 Å². The number of nitrogens with zero attached hydrogens (tertiary/aromatic N) is 1. The number of aryl methyl sites for hydroxylation is 1. The molecule has 0 fully saturated rings. The molecule has 24 heavy (non-hydrogen) atoms. The van der Waals surface area contributed by atoms with Crippen molar-refractivity contribution in [3.05, 3.63) is 72.1 Å². The molecule has 4 heteroatoms. The van der Waals surface area contributed by atoms with Crippen LogP contribution < -0.4 is 5.32 Å². The number of nitrogens with one attached hydrogen (secondary N) is 1. The van der Waals surface area contributed by atoms with Crippen LogP contribution in [0.3, 0.4) is 0 Å². The summed E-state index contributed by atoms with van der Waals surface area (Å²) in [5.41, 5.74) is 3.21. The molecule has 0 saturated carbocycles. The van der Waals surface area contributed by atoms with Gasteiger partial charge in [-0.1, -0.05) is 42.5 Å². The van der Waals surface area contributed by atoms with E-state index in [1.54, 1.807) is 6.92 Å². The molecule has 1 amide bonds. The first kappa shape index (κ1) is 14.5. The molecule has 4 aromatic rings. The Balaban J connectivity index is 1.56. The maximum atomic E-state index is 12.4. The van der Waals surface area contributed by atoms with Crippen molar-refractivity contribution in [2.24, 2.45) is 0 Å². The van der Waals surface area contributed by atoms with Crippen LogP contribution in [0.4, 0.5) is 5.69 Å². The standard InChI is InChI=1S/C20H16N2O2/c1-13-21-18-12-16(9-10-19(18)24-13)22-20(23)11-15-7-4-6-14-5-2-3-8-17(14)15/h2-10,12H,11H2,1H3,(H,22,23). The molecule has 0 aliphatic heterocycles. The Labute approximate surface area is 139 Å². The summed E-state index contributed by atoms with van der Waals surface area (Å²) in [4.78, 5) is 16.7. The molecular weight excluding hydrogens is 300 g/mol. The van der Waals surface area contributed by atoms with Gasteiger partial charge in [0.25, 0.3) is 0 Å². The number of anilines is 1. The quantitative estimate of drug-likeness (QED) is 0.606. The zero-order valence-corrected chi connectivity index (χ0v) is 13.2. The summed E-state index contributed by atoms with van der Waals surface area (Å²) in [6.45, 7) is 1.80. The number of carbonyl (C=O) groups excluding carboxylic acids is 1. The normalized spacial score (nSPS) is 11.0. The van der Waals surface area contributed by atoms with Gasteiger partial charge in [-0.3, -0.25) is 4.79 Å². The van der Waals surface area contributed by atoms with Gasteiger partial charge in [0.1, 0.15) is 5.52 Å². The van der Waals surface area contributed by atoms with Crippen molar-refractivity contribution >= 4 is 33.5 Å². The summed E-state index contributed by atoms with van der Waals surface area (Å²) in [5, 5.41) is 5.19. The van der Waals surface area contributed by atoms with Crippen LogP contribution in [0.25, 0.3) is 21.9 Å². The van der Waals surface area contributed by atoms with E-state index in [2.05, 4.69) is 22.4 Å². The maximum absolute atomic E-state index is 12.4. The fourth-order valence-corrected chi connectivity index (χ4v) is 2.95. The van der Waals surface area contributed by atoms with Crippen molar-refractivity contribution in [2.45, 2.75) is 13.3 Å². The Morgan fingerprint density at radius 1 is 1.08 bits per heavy atom. The number of hydrogen-bond donors (Lipinski definition) is 1. The molecule has 0 aliphatic rings. The molecule has 0 spiro atoms. The Morgan fingerprint density at radius 2 is 1.92 bits per heavy atom. The number of oxazole rings is 1. The Bertz CT molecular complexity index is 1040. The summed E-state index contributed by atoms with van der Waals surface area (Å²) < 4.78 is 5.45. The van der Waals surface area contributed by atoms with Crippen LogP contribution in [0, 0.1) is 6.92 Å².